The molecule has 4 aromatic rings. The average Bonchev–Trinajstić information content (AvgIpc) is 3.85. The fourth-order valence-electron chi connectivity index (χ4n) is 7.72. The number of nitrogens with two attached hydrogens (primary N) is 1. The number of imide groups is 1. The minimum absolute atomic E-state index is 0.0956. The molecule has 0 spiro atoms. The average molecular weight is 1030 g/mol. The van der Waals surface area contributed by atoms with Crippen molar-refractivity contribution in [3.8, 4) is 0 Å². The molecule has 1 aliphatic heterocycles. The van der Waals surface area contributed by atoms with E-state index in [9.17, 15) is 58.2 Å². The lowest BCUT2D eigenvalue weighted by atomic mass is 10.1. The highest BCUT2D eigenvalue weighted by Gasteiger charge is 2.31. The minimum Gasteiger partial charge on any atom is -0.481 e. The molecule has 0 saturated heterocycles. The number of carboxylic acid groups (broad SMARTS) is 1. The number of ether oxygens (including phenoxy) is 2. The molecule has 0 unspecified atom stereocenters. The van der Waals surface area contributed by atoms with Crippen LogP contribution in [0.25, 0.3) is 21.9 Å². The van der Waals surface area contributed by atoms with Crippen molar-refractivity contribution in [2.75, 3.05) is 18.5 Å². The molecule has 24 nitrogen and oxygen atoms in total. The van der Waals surface area contributed by atoms with Gasteiger partial charge in [0.05, 0.1) is 48.1 Å². The van der Waals surface area contributed by atoms with Gasteiger partial charge < -0.3 is 56.6 Å². The van der Waals surface area contributed by atoms with Gasteiger partial charge in [0, 0.05) is 42.8 Å². The van der Waals surface area contributed by atoms with Crippen LogP contribution in [0.15, 0.2) is 60.7 Å². The summed E-state index contributed by atoms with van der Waals surface area (Å²) in [5.41, 5.74) is 7.26. The Balaban J connectivity index is 1.11. The molecule has 8 amide bonds. The van der Waals surface area contributed by atoms with E-state index in [-0.39, 0.29) is 44.8 Å². The molecule has 0 aliphatic carbocycles. The van der Waals surface area contributed by atoms with Crippen molar-refractivity contribution in [1.82, 2.24) is 40.7 Å². The maximum Gasteiger partial charge on any atom is 0.312 e. The fourth-order valence-corrected chi connectivity index (χ4v) is 7.72. The Morgan fingerprint density at radius 3 is 2.04 bits per heavy atom. The van der Waals surface area contributed by atoms with Gasteiger partial charge in [0.25, 0.3) is 11.8 Å². The van der Waals surface area contributed by atoms with E-state index in [1.165, 1.54) is 26.0 Å². The first-order chi connectivity index (χ1) is 35.0. The molecular weight excluding hydrogens is 965 g/mol. The predicted molar refractivity (Wildman–Crippen MR) is 265 cm³/mol. The maximum atomic E-state index is 13.4. The molecule has 4 atom stereocenters. The Kier molecular flexibility index (Phi) is 20.0. The van der Waals surface area contributed by atoms with Gasteiger partial charge in [-0.2, -0.15) is 0 Å². The fraction of sp³-hybridized carbons (Fsp3) is 0.440. The number of amides is 8. The summed E-state index contributed by atoms with van der Waals surface area (Å²) in [5, 5.41) is 32.9. The number of rotatable bonds is 28. The zero-order valence-corrected chi connectivity index (χ0v) is 41.7. The van der Waals surface area contributed by atoms with Gasteiger partial charge >= 0.3 is 11.9 Å². The van der Waals surface area contributed by atoms with Gasteiger partial charge in [0.15, 0.2) is 0 Å². The maximum absolute atomic E-state index is 13.4. The molecule has 2 aromatic carbocycles. The van der Waals surface area contributed by atoms with Crippen LogP contribution in [0.3, 0.4) is 0 Å². The molecule has 24 heteroatoms. The van der Waals surface area contributed by atoms with Crippen LogP contribution in [0, 0.1) is 0 Å². The van der Waals surface area contributed by atoms with Crippen molar-refractivity contribution in [2.45, 2.75) is 129 Å². The summed E-state index contributed by atoms with van der Waals surface area (Å²) in [6, 6.07) is 7.84. The number of aromatic nitrogens is 3. The number of carbonyl (C=O) groups is 10. The third kappa shape index (κ3) is 16.5. The summed E-state index contributed by atoms with van der Waals surface area (Å²) >= 11 is 0. The highest BCUT2D eigenvalue weighted by molar-refractivity contribution is 6.13. The van der Waals surface area contributed by atoms with Crippen LogP contribution >= 0.6 is 0 Å². The summed E-state index contributed by atoms with van der Waals surface area (Å²) < 4.78 is 13.2. The third-order valence-electron chi connectivity index (χ3n) is 11.4. The Morgan fingerprint density at radius 1 is 0.770 bits per heavy atom. The molecule has 0 saturated carbocycles. The number of aliphatic hydroxyl groups is 1. The Hall–Kier alpha value is -8.12. The first kappa shape index (κ1) is 56.8. The molecule has 0 fully saturated rings. The zero-order chi connectivity index (χ0) is 54.3. The number of nitrogens with one attached hydrogen (secondary N) is 5. The van der Waals surface area contributed by atoms with Crippen LogP contribution < -0.4 is 32.3 Å². The molecule has 0 radical (unpaired) electrons. The first-order valence-corrected chi connectivity index (χ1v) is 23.9. The third-order valence-corrected chi connectivity index (χ3v) is 11.4. The number of anilines is 1. The minimum atomic E-state index is -1.56. The van der Waals surface area contributed by atoms with E-state index < -0.39 is 102 Å². The van der Waals surface area contributed by atoms with Crippen LogP contribution in [-0.2, 0) is 83.6 Å². The number of esters is 1. The van der Waals surface area contributed by atoms with E-state index in [0.29, 0.717) is 59.5 Å². The lowest BCUT2D eigenvalue weighted by molar-refractivity contribution is -0.144. The van der Waals surface area contributed by atoms with Gasteiger partial charge in [0.1, 0.15) is 48.7 Å². The van der Waals surface area contributed by atoms with Crippen LogP contribution in [0.1, 0.15) is 90.2 Å². The Bertz CT molecular complexity index is 2790. The zero-order valence-electron chi connectivity index (χ0n) is 41.7. The largest absolute Gasteiger partial charge is 0.481 e. The van der Waals surface area contributed by atoms with Gasteiger partial charge in [-0.3, -0.25) is 52.8 Å². The molecule has 0 bridgehead atoms. The normalized spacial score (nSPS) is 14.0. The molecule has 5 rings (SSSR count). The van der Waals surface area contributed by atoms with E-state index in [4.69, 9.17) is 25.2 Å². The lowest BCUT2D eigenvalue weighted by Crippen LogP contribution is -2.57. The van der Waals surface area contributed by atoms with Crippen LogP contribution in [0.5, 0.6) is 0 Å². The summed E-state index contributed by atoms with van der Waals surface area (Å²) in [5.74, 6) is -7.51. The molecule has 396 valence electrons. The number of benzene rings is 2. The topological polar surface area (TPSA) is 350 Å². The van der Waals surface area contributed by atoms with Crippen LogP contribution in [0.4, 0.5) is 5.69 Å². The number of fused-ring (bicyclic) bond motifs is 3. The number of hydrogen-bond acceptors (Lipinski definition) is 15. The van der Waals surface area contributed by atoms with E-state index in [1.54, 1.807) is 26.0 Å². The number of para-hydroxylation sites is 1. The molecule has 74 heavy (non-hydrogen) atoms. The standard InChI is InChI=1S/C50H62N10O14/c1-6-73-26-38-58-44-34(55-33-13-10-9-12-32(33)45(44)60(38)27-50(4,5)72)24-43(67)74-25-30-15-17-31(18-16-30)54-49(71)35(22-37(51)61)57-47(69)29(3)52-46(68)28(2)53-48(70)36(23-42(65)66)56-39(62)14-8-7-11-21-59-40(63)19-20-41(59)64/h9-10,12-13,15-20,28-29,35-36,72H,6-8,11,14,21-27H2,1-5H3,(H2,51,61)(H,52,68)(H,53,70)(H,54,71)(H,56,62)(H,57,69)(H,65,66)/t28-,29-,35-,36-/m0/s1. The lowest BCUT2D eigenvalue weighted by Gasteiger charge is -2.23. The number of unbranched alkanes of at least 4 members (excludes halogenated alkanes) is 2. The van der Waals surface area contributed by atoms with E-state index in [1.807, 2.05) is 35.8 Å². The number of aliphatic carboxylic acids is 1. The van der Waals surface area contributed by atoms with Gasteiger partial charge in [-0.05, 0) is 71.2 Å². The molecule has 2 aromatic heterocycles. The quantitative estimate of drug-likeness (QED) is 0.0223. The van der Waals surface area contributed by atoms with Crippen molar-refractivity contribution < 1.29 is 67.6 Å². The smallest absolute Gasteiger partial charge is 0.312 e. The van der Waals surface area contributed by atoms with Crippen molar-refractivity contribution in [3.05, 3.63) is 77.8 Å². The van der Waals surface area contributed by atoms with E-state index in [2.05, 4.69) is 26.6 Å². The number of hydrogen-bond donors (Lipinski definition) is 8. The van der Waals surface area contributed by atoms with Gasteiger partial charge in [-0.15, -0.1) is 0 Å². The Labute approximate surface area is 425 Å². The summed E-state index contributed by atoms with van der Waals surface area (Å²) in [4.78, 5) is 136. The van der Waals surface area contributed by atoms with E-state index >= 15 is 0 Å². The Morgan fingerprint density at radius 2 is 1.41 bits per heavy atom. The van der Waals surface area contributed by atoms with Gasteiger partial charge in [-0.1, -0.05) is 36.8 Å². The van der Waals surface area contributed by atoms with Gasteiger partial charge in [0.2, 0.25) is 35.4 Å². The number of nitrogens with zero attached hydrogens (tertiary/aromatic N) is 4. The van der Waals surface area contributed by atoms with Gasteiger partial charge in [-0.25, -0.2) is 9.97 Å². The highest BCUT2D eigenvalue weighted by Crippen LogP contribution is 2.30. The molecular formula is C50H62N10O14. The van der Waals surface area contributed by atoms with Crippen molar-refractivity contribution >= 4 is 86.8 Å². The SMILES string of the molecule is CCOCc1nc2c(CC(=O)OCc3ccc(NC(=O)[C@H](CC(N)=O)NC(=O)[C@H](C)NC(=O)[C@H](C)NC(=O)[C@H](CC(=O)O)NC(=O)CCCCCN4C(=O)C=CC4=O)cc3)nc3ccccc3c2n1CC(C)(C)O. The predicted octanol–water partition coefficient (Wildman–Crippen LogP) is 0.931. The van der Waals surface area contributed by atoms with Crippen molar-refractivity contribution in [1.29, 1.82) is 0 Å². The number of pyridine rings is 1. The highest BCUT2D eigenvalue weighted by atomic mass is 16.5. The number of carboxylic acids is 1. The monoisotopic (exact) mass is 1030 g/mol. The first-order valence-electron chi connectivity index (χ1n) is 23.9. The molecule has 1 aliphatic rings. The number of imidazole rings is 1. The molecule has 9 N–H and O–H groups in total. The summed E-state index contributed by atoms with van der Waals surface area (Å²) in [7, 11) is 0. The molecule has 3 heterocycles. The summed E-state index contributed by atoms with van der Waals surface area (Å²) in [6.45, 7) is 8.60. The van der Waals surface area contributed by atoms with Crippen LogP contribution in [0.2, 0.25) is 0 Å². The second kappa shape index (κ2) is 26.0. The van der Waals surface area contributed by atoms with Crippen molar-refractivity contribution in [3.63, 3.8) is 0 Å². The number of carbonyl (C=O) groups excluding carboxylic acids is 9. The van der Waals surface area contributed by atoms with Crippen molar-refractivity contribution in [2.24, 2.45) is 5.73 Å². The van der Waals surface area contributed by atoms with E-state index in [0.717, 1.165) is 22.4 Å². The van der Waals surface area contributed by atoms with Crippen LogP contribution in [-0.4, -0.2) is 132 Å². The second-order valence-corrected chi connectivity index (χ2v) is 18.2. The summed E-state index contributed by atoms with van der Waals surface area (Å²) in [6.07, 6.45) is 1.75. The second-order valence-electron chi connectivity index (χ2n) is 18.2. The number of primary amides is 1.